The van der Waals surface area contributed by atoms with Crippen LogP contribution in [0.4, 0.5) is 22.7 Å². The molecular formula is C51H41N5O. The summed E-state index contributed by atoms with van der Waals surface area (Å²) >= 11 is 0. The van der Waals surface area contributed by atoms with E-state index in [-0.39, 0.29) is 5.41 Å². The zero-order valence-corrected chi connectivity index (χ0v) is 32.1. The van der Waals surface area contributed by atoms with Gasteiger partial charge in [0.15, 0.2) is 0 Å². The van der Waals surface area contributed by atoms with Crippen LogP contribution in [-0.2, 0) is 5.41 Å². The number of hydrogen-bond acceptors (Lipinski definition) is 4. The molecule has 6 nitrogen and oxygen atoms in total. The average molecular weight is 740 g/mol. The number of hydrogen-bond donors (Lipinski definition) is 2. The van der Waals surface area contributed by atoms with E-state index < -0.39 is 0 Å². The maximum atomic E-state index is 6.60. The lowest BCUT2D eigenvalue weighted by Gasteiger charge is -2.20. The molecule has 0 saturated carbocycles. The van der Waals surface area contributed by atoms with Crippen molar-refractivity contribution in [3.05, 3.63) is 188 Å². The number of fused-ring (bicyclic) bond motifs is 6. The van der Waals surface area contributed by atoms with Crippen LogP contribution in [-0.4, -0.2) is 14.1 Å². The van der Waals surface area contributed by atoms with Crippen molar-refractivity contribution in [2.24, 2.45) is 0 Å². The first kappa shape index (κ1) is 34.2. The summed E-state index contributed by atoms with van der Waals surface area (Å²) in [7, 11) is 0. The highest BCUT2D eigenvalue weighted by atomic mass is 16.5. The number of nitrogens with zero attached hydrogens (tertiary/aromatic N) is 3. The van der Waals surface area contributed by atoms with Gasteiger partial charge in [-0.1, -0.05) is 106 Å². The van der Waals surface area contributed by atoms with Gasteiger partial charge in [-0.15, -0.1) is 0 Å². The third kappa shape index (κ3) is 6.21. The lowest BCUT2D eigenvalue weighted by molar-refractivity contribution is 0.483. The molecule has 0 aliphatic heterocycles. The van der Waals surface area contributed by atoms with Gasteiger partial charge in [0, 0.05) is 51.2 Å². The van der Waals surface area contributed by atoms with Gasteiger partial charge >= 0.3 is 0 Å². The van der Waals surface area contributed by atoms with E-state index in [1.807, 2.05) is 30.5 Å². The summed E-state index contributed by atoms with van der Waals surface area (Å²) in [5.41, 5.74) is 10.7. The fourth-order valence-electron chi connectivity index (χ4n) is 8.01. The van der Waals surface area contributed by atoms with Gasteiger partial charge in [0.25, 0.3) is 0 Å². The zero-order valence-electron chi connectivity index (χ0n) is 32.1. The van der Waals surface area contributed by atoms with Gasteiger partial charge in [-0.25, -0.2) is 4.98 Å². The Morgan fingerprint density at radius 3 is 1.88 bits per heavy atom. The van der Waals surface area contributed by atoms with E-state index in [0.717, 1.165) is 67.7 Å². The molecule has 0 bridgehead atoms. The molecule has 0 spiro atoms. The average Bonchev–Trinajstić information content (AvgIpc) is 3.75. The fourth-order valence-corrected chi connectivity index (χ4v) is 8.01. The molecule has 276 valence electrons. The van der Waals surface area contributed by atoms with E-state index in [1.54, 1.807) is 0 Å². The first-order valence-corrected chi connectivity index (χ1v) is 19.4. The highest BCUT2D eigenvalue weighted by Gasteiger charge is 2.19. The van der Waals surface area contributed by atoms with Crippen LogP contribution in [0.15, 0.2) is 182 Å². The molecule has 3 heterocycles. The summed E-state index contributed by atoms with van der Waals surface area (Å²) in [6.07, 6.45) is 1.91. The number of anilines is 4. The minimum absolute atomic E-state index is 0.00190. The van der Waals surface area contributed by atoms with Gasteiger partial charge in [-0.2, -0.15) is 0 Å². The summed E-state index contributed by atoms with van der Waals surface area (Å²) < 4.78 is 11.2. The number of rotatable bonds is 8. The molecule has 0 aliphatic carbocycles. The molecule has 10 rings (SSSR count). The van der Waals surface area contributed by atoms with Crippen molar-refractivity contribution in [3.63, 3.8) is 0 Å². The minimum Gasteiger partial charge on any atom is -0.457 e. The van der Waals surface area contributed by atoms with E-state index >= 15 is 0 Å². The van der Waals surface area contributed by atoms with Crippen molar-refractivity contribution in [2.75, 3.05) is 10.6 Å². The molecule has 57 heavy (non-hydrogen) atoms. The SMILES string of the molecule is CC(C)(C)c1ccnc(-n2c3ccccc3c3ccc(Oc4cccc(Nc5ccccc5Nc5cccc6c7ccccc7n(-c7ccccc7)c56)c4)cc32)c1. The fraction of sp³-hybridized carbons (Fsp3) is 0.0784. The number of ether oxygens (including phenoxy) is 1. The van der Waals surface area contributed by atoms with E-state index in [9.17, 15) is 0 Å². The Morgan fingerprint density at radius 1 is 0.474 bits per heavy atom. The smallest absolute Gasteiger partial charge is 0.137 e. The predicted octanol–water partition coefficient (Wildman–Crippen LogP) is 13.9. The molecule has 6 heteroatoms. The lowest BCUT2D eigenvalue weighted by atomic mass is 9.88. The van der Waals surface area contributed by atoms with Crippen LogP contribution in [0, 0.1) is 0 Å². The minimum atomic E-state index is -0.00190. The van der Waals surface area contributed by atoms with Crippen LogP contribution in [0.3, 0.4) is 0 Å². The Morgan fingerprint density at radius 2 is 1.09 bits per heavy atom. The summed E-state index contributed by atoms with van der Waals surface area (Å²) in [4.78, 5) is 4.84. The summed E-state index contributed by atoms with van der Waals surface area (Å²) in [6.45, 7) is 6.69. The van der Waals surface area contributed by atoms with Crippen molar-refractivity contribution in [3.8, 4) is 23.0 Å². The molecule has 10 aromatic rings. The molecule has 0 amide bonds. The van der Waals surface area contributed by atoms with Crippen molar-refractivity contribution >= 4 is 66.4 Å². The molecule has 0 fully saturated rings. The van der Waals surface area contributed by atoms with Crippen LogP contribution in [0.5, 0.6) is 11.5 Å². The van der Waals surface area contributed by atoms with E-state index in [2.05, 4.69) is 192 Å². The van der Waals surface area contributed by atoms with Gasteiger partial charge in [-0.05, 0) is 89.8 Å². The second kappa shape index (κ2) is 13.8. The number of aromatic nitrogens is 3. The summed E-state index contributed by atoms with van der Waals surface area (Å²) in [5, 5.41) is 12.2. The highest BCUT2D eigenvalue weighted by Crippen LogP contribution is 2.40. The Kier molecular flexibility index (Phi) is 8.26. The lowest BCUT2D eigenvalue weighted by Crippen LogP contribution is -2.12. The molecule has 2 N–H and O–H groups in total. The van der Waals surface area contributed by atoms with Gasteiger partial charge in [0.2, 0.25) is 0 Å². The normalized spacial score (nSPS) is 11.8. The van der Waals surface area contributed by atoms with Gasteiger partial charge in [0.1, 0.15) is 17.3 Å². The van der Waals surface area contributed by atoms with Crippen molar-refractivity contribution in [2.45, 2.75) is 26.2 Å². The third-order valence-corrected chi connectivity index (χ3v) is 10.7. The van der Waals surface area contributed by atoms with Crippen LogP contribution >= 0.6 is 0 Å². The van der Waals surface area contributed by atoms with Gasteiger partial charge in [-0.3, -0.25) is 4.57 Å². The van der Waals surface area contributed by atoms with E-state index in [0.29, 0.717) is 0 Å². The molecule has 7 aromatic carbocycles. The molecule has 0 radical (unpaired) electrons. The highest BCUT2D eigenvalue weighted by molar-refractivity contribution is 6.14. The molecular weight excluding hydrogens is 699 g/mol. The third-order valence-electron chi connectivity index (χ3n) is 10.7. The number of para-hydroxylation sites is 6. The Labute approximate surface area is 331 Å². The molecule has 0 saturated heterocycles. The monoisotopic (exact) mass is 739 g/mol. The van der Waals surface area contributed by atoms with Crippen molar-refractivity contribution < 1.29 is 4.74 Å². The second-order valence-electron chi connectivity index (χ2n) is 15.5. The van der Waals surface area contributed by atoms with Crippen LogP contribution in [0.1, 0.15) is 26.3 Å². The maximum Gasteiger partial charge on any atom is 0.137 e. The van der Waals surface area contributed by atoms with Crippen LogP contribution < -0.4 is 15.4 Å². The first-order valence-electron chi connectivity index (χ1n) is 19.4. The number of pyridine rings is 1. The van der Waals surface area contributed by atoms with Crippen LogP contribution in [0.25, 0.3) is 55.1 Å². The molecule has 3 aromatic heterocycles. The first-order chi connectivity index (χ1) is 27.9. The van der Waals surface area contributed by atoms with Crippen LogP contribution in [0.2, 0.25) is 0 Å². The quantitative estimate of drug-likeness (QED) is 0.163. The van der Waals surface area contributed by atoms with Gasteiger partial charge < -0.3 is 19.9 Å². The Hall–Kier alpha value is -7.31. The predicted molar refractivity (Wildman–Crippen MR) is 238 cm³/mol. The number of benzene rings is 7. The van der Waals surface area contributed by atoms with Crippen molar-refractivity contribution in [1.82, 2.24) is 14.1 Å². The van der Waals surface area contributed by atoms with E-state index in [1.165, 1.54) is 27.2 Å². The molecule has 0 atom stereocenters. The van der Waals surface area contributed by atoms with Gasteiger partial charge in [0.05, 0.1) is 39.1 Å². The zero-order chi connectivity index (χ0) is 38.5. The molecule has 0 unspecified atom stereocenters. The van der Waals surface area contributed by atoms with Crippen molar-refractivity contribution in [1.29, 1.82) is 0 Å². The van der Waals surface area contributed by atoms with E-state index in [4.69, 9.17) is 9.72 Å². The summed E-state index contributed by atoms with van der Waals surface area (Å²) in [6, 6.07) is 61.2. The Bertz CT molecular complexity index is 3100. The largest absolute Gasteiger partial charge is 0.457 e. The Balaban J connectivity index is 0.976. The molecule has 0 aliphatic rings. The second-order valence-corrected chi connectivity index (χ2v) is 15.5. The maximum absolute atomic E-state index is 6.60. The summed E-state index contributed by atoms with van der Waals surface area (Å²) in [5.74, 6) is 2.37. The number of nitrogens with one attached hydrogen (secondary N) is 2. The topological polar surface area (TPSA) is 56.0 Å². The standard InChI is InChI=1S/C51H41N5O/c1-51(2,3)34-29-30-52-49(31-34)56-47-26-12-7-19-39(47)41-28-27-38(33-48(41)56)57-37-18-13-15-35(32-37)53-43-22-9-10-23-44(43)54-45-24-14-21-42-40-20-8-11-25-46(40)55(50(42)45)36-16-5-4-6-17-36/h4-33,53-54H,1-3H3.